The largest absolute Gasteiger partial charge is 0.425 e. The van der Waals surface area contributed by atoms with E-state index >= 15 is 0 Å². The number of aryl methyl sites for hydroxylation is 3. The lowest BCUT2D eigenvalue weighted by Crippen LogP contribution is -2.52. The molecule has 0 saturated heterocycles. The van der Waals surface area contributed by atoms with Crippen LogP contribution in [0.25, 0.3) is 11.1 Å². The van der Waals surface area contributed by atoms with Crippen molar-refractivity contribution in [2.45, 2.75) is 59.4 Å². The summed E-state index contributed by atoms with van der Waals surface area (Å²) in [6, 6.07) is 15.0. The van der Waals surface area contributed by atoms with Crippen LogP contribution in [0.2, 0.25) is 0 Å². The molecule has 7 heteroatoms. The van der Waals surface area contributed by atoms with Crippen molar-refractivity contribution in [3.63, 3.8) is 0 Å². The van der Waals surface area contributed by atoms with Crippen LogP contribution in [0.4, 0.5) is 5.69 Å². The first-order valence-corrected chi connectivity index (χ1v) is 13.1. The Hall–Kier alpha value is -4.00. The summed E-state index contributed by atoms with van der Waals surface area (Å²) in [5, 5.41) is 2.86. The number of rotatable bonds is 9. The minimum absolute atomic E-state index is 0.00169. The highest BCUT2D eigenvalue weighted by Crippen LogP contribution is 2.31. The summed E-state index contributed by atoms with van der Waals surface area (Å²) < 4.78 is 5.53. The number of ether oxygens (including phenoxy) is 1. The van der Waals surface area contributed by atoms with E-state index in [1.807, 2.05) is 70.2 Å². The summed E-state index contributed by atoms with van der Waals surface area (Å²) >= 11 is 0. The van der Waals surface area contributed by atoms with Gasteiger partial charge in [0.25, 0.3) is 0 Å². The van der Waals surface area contributed by atoms with Crippen LogP contribution >= 0.6 is 0 Å². The van der Waals surface area contributed by atoms with E-state index < -0.39 is 12.0 Å². The average molecular weight is 514 g/mol. The third-order valence-corrected chi connectivity index (χ3v) is 6.78. The Balaban J connectivity index is 1.39. The molecule has 0 radical (unpaired) electrons. The fourth-order valence-corrected chi connectivity index (χ4v) is 5.04. The zero-order valence-electron chi connectivity index (χ0n) is 22.5. The molecule has 1 aliphatic heterocycles. The van der Waals surface area contributed by atoms with E-state index in [0.717, 1.165) is 33.5 Å². The highest BCUT2D eigenvalue weighted by molar-refractivity contribution is 6.02. The van der Waals surface area contributed by atoms with Gasteiger partial charge in [0.15, 0.2) is 0 Å². The second-order valence-corrected chi connectivity index (χ2v) is 10.2. The molecule has 0 fully saturated rings. The van der Waals surface area contributed by atoms with E-state index in [2.05, 4.69) is 10.3 Å². The Labute approximate surface area is 224 Å². The third kappa shape index (κ3) is 6.28. The average Bonchev–Trinajstić information content (AvgIpc) is 2.87. The maximum absolute atomic E-state index is 13.3. The van der Waals surface area contributed by atoms with Crippen LogP contribution in [0.5, 0.6) is 5.75 Å². The topological polar surface area (TPSA) is 88.6 Å². The van der Waals surface area contributed by atoms with E-state index in [9.17, 15) is 14.4 Å². The number of fused-ring (bicyclic) bond motifs is 1. The van der Waals surface area contributed by atoms with E-state index in [1.165, 1.54) is 6.20 Å². The van der Waals surface area contributed by atoms with Gasteiger partial charge in [-0.15, -0.1) is 0 Å². The fourth-order valence-electron chi connectivity index (χ4n) is 5.04. The zero-order valence-corrected chi connectivity index (χ0v) is 22.5. The summed E-state index contributed by atoms with van der Waals surface area (Å²) in [4.78, 5) is 44.6. The van der Waals surface area contributed by atoms with Crippen LogP contribution in [0.1, 0.15) is 49.8 Å². The molecule has 198 valence electrons. The minimum atomic E-state index is -0.641. The van der Waals surface area contributed by atoms with Crippen molar-refractivity contribution in [1.29, 1.82) is 0 Å². The second-order valence-electron chi connectivity index (χ2n) is 10.2. The van der Waals surface area contributed by atoms with E-state index in [-0.39, 0.29) is 30.7 Å². The quantitative estimate of drug-likeness (QED) is 0.399. The monoisotopic (exact) mass is 513 g/mol. The highest BCUT2D eigenvalue weighted by atomic mass is 16.5. The van der Waals surface area contributed by atoms with Crippen LogP contribution in [0.3, 0.4) is 0 Å². The summed E-state index contributed by atoms with van der Waals surface area (Å²) in [6.45, 7) is 8.23. The van der Waals surface area contributed by atoms with Crippen molar-refractivity contribution >= 4 is 23.5 Å². The SMILES string of the molecule is Cc1cccc(C)c1-c1cncc(OC(=O)CCNC(=O)C(CC(C)C)N2C(=O)CCc3ccccc32)c1. The number of nitrogens with one attached hydrogen (secondary N) is 1. The summed E-state index contributed by atoms with van der Waals surface area (Å²) in [7, 11) is 0. The van der Waals surface area contributed by atoms with Crippen molar-refractivity contribution in [2.75, 3.05) is 11.4 Å². The number of carbonyl (C=O) groups excluding carboxylic acids is 3. The molecular weight excluding hydrogens is 478 g/mol. The van der Waals surface area contributed by atoms with Crippen LogP contribution in [-0.4, -0.2) is 35.4 Å². The molecule has 0 saturated carbocycles. The normalized spacial score (nSPS) is 13.7. The summed E-state index contributed by atoms with van der Waals surface area (Å²) in [5.41, 5.74) is 6.03. The first-order chi connectivity index (χ1) is 18.2. The van der Waals surface area contributed by atoms with Crippen molar-refractivity contribution in [3.8, 4) is 16.9 Å². The number of benzene rings is 2. The van der Waals surface area contributed by atoms with Gasteiger partial charge in [-0.2, -0.15) is 0 Å². The molecule has 1 N–H and O–H groups in total. The zero-order chi connectivity index (χ0) is 27.2. The highest BCUT2D eigenvalue weighted by Gasteiger charge is 2.34. The molecule has 0 aliphatic carbocycles. The fraction of sp³-hybridized carbons (Fsp3) is 0.355. The minimum Gasteiger partial charge on any atom is -0.425 e. The molecule has 2 heterocycles. The Morgan fingerprint density at radius 3 is 2.50 bits per heavy atom. The first-order valence-electron chi connectivity index (χ1n) is 13.1. The third-order valence-electron chi connectivity index (χ3n) is 6.78. The molecule has 1 aliphatic rings. The predicted octanol–water partition coefficient (Wildman–Crippen LogP) is 5.17. The number of nitrogens with zero attached hydrogens (tertiary/aromatic N) is 2. The van der Waals surface area contributed by atoms with Crippen LogP contribution in [0, 0.1) is 19.8 Å². The van der Waals surface area contributed by atoms with Crippen LogP contribution in [0.15, 0.2) is 60.9 Å². The molecular formula is C31H35N3O4. The van der Waals surface area contributed by atoms with Gasteiger partial charge in [-0.05, 0) is 67.0 Å². The number of carbonyl (C=O) groups is 3. The molecule has 0 spiro atoms. The molecule has 2 aromatic carbocycles. The van der Waals surface area contributed by atoms with Gasteiger partial charge in [-0.25, -0.2) is 0 Å². The lowest BCUT2D eigenvalue weighted by Gasteiger charge is -2.36. The lowest BCUT2D eigenvalue weighted by atomic mass is 9.95. The Bertz CT molecular complexity index is 1310. The number of hydrogen-bond donors (Lipinski definition) is 1. The Morgan fingerprint density at radius 2 is 1.76 bits per heavy atom. The maximum Gasteiger partial charge on any atom is 0.313 e. The van der Waals surface area contributed by atoms with Gasteiger partial charge in [-0.3, -0.25) is 24.3 Å². The van der Waals surface area contributed by atoms with Gasteiger partial charge in [0.2, 0.25) is 11.8 Å². The Kier molecular flexibility index (Phi) is 8.56. The van der Waals surface area contributed by atoms with Gasteiger partial charge >= 0.3 is 5.97 Å². The van der Waals surface area contributed by atoms with E-state index in [0.29, 0.717) is 25.0 Å². The Morgan fingerprint density at radius 1 is 1.03 bits per heavy atom. The number of aromatic nitrogens is 1. The van der Waals surface area contributed by atoms with Gasteiger partial charge < -0.3 is 10.1 Å². The van der Waals surface area contributed by atoms with Gasteiger partial charge in [-0.1, -0.05) is 50.2 Å². The van der Waals surface area contributed by atoms with Crippen molar-refractivity contribution < 1.29 is 19.1 Å². The number of para-hydroxylation sites is 1. The van der Waals surface area contributed by atoms with E-state index in [4.69, 9.17) is 4.74 Å². The number of amides is 2. The molecule has 1 atom stereocenters. The van der Waals surface area contributed by atoms with Gasteiger partial charge in [0.05, 0.1) is 12.6 Å². The predicted molar refractivity (Wildman–Crippen MR) is 148 cm³/mol. The molecule has 38 heavy (non-hydrogen) atoms. The second kappa shape index (κ2) is 12.0. The molecule has 0 bridgehead atoms. The van der Waals surface area contributed by atoms with Crippen LogP contribution in [-0.2, 0) is 20.8 Å². The molecule has 4 rings (SSSR count). The maximum atomic E-state index is 13.3. The van der Waals surface area contributed by atoms with Gasteiger partial charge in [0, 0.05) is 30.4 Å². The lowest BCUT2D eigenvalue weighted by molar-refractivity contribution is -0.134. The standard InChI is InChI=1S/C31H35N3O4/c1-20(2)16-27(34-26-11-6-5-10-23(26)12-13-28(34)35)31(37)33-15-14-29(36)38-25-17-24(18-32-19-25)30-21(3)8-7-9-22(30)4/h5-11,17-20,27H,12-16H2,1-4H3,(H,33,37). The molecule has 1 aromatic heterocycles. The molecule has 1 unspecified atom stereocenters. The number of pyridine rings is 1. The summed E-state index contributed by atoms with van der Waals surface area (Å²) in [6.07, 6.45) is 4.83. The van der Waals surface area contributed by atoms with Crippen molar-refractivity contribution in [2.24, 2.45) is 5.92 Å². The van der Waals surface area contributed by atoms with Crippen molar-refractivity contribution in [3.05, 3.63) is 77.6 Å². The molecule has 2 amide bonds. The molecule has 3 aromatic rings. The van der Waals surface area contributed by atoms with Crippen molar-refractivity contribution in [1.82, 2.24) is 10.3 Å². The first kappa shape index (κ1) is 27.0. The number of anilines is 1. The number of esters is 1. The van der Waals surface area contributed by atoms with Crippen LogP contribution < -0.4 is 15.0 Å². The smallest absolute Gasteiger partial charge is 0.313 e. The summed E-state index contributed by atoms with van der Waals surface area (Å²) in [5.74, 6) is -0.232. The molecule has 7 nitrogen and oxygen atoms in total. The van der Waals surface area contributed by atoms with E-state index in [1.54, 1.807) is 17.2 Å². The van der Waals surface area contributed by atoms with Gasteiger partial charge in [0.1, 0.15) is 11.8 Å². The number of hydrogen-bond acceptors (Lipinski definition) is 5.